The van der Waals surface area contributed by atoms with Crippen LogP contribution in [0.15, 0.2) is 12.3 Å². The van der Waals surface area contributed by atoms with E-state index in [2.05, 4.69) is 20.6 Å². The fraction of sp³-hybridized carbons (Fsp3) is 0.588. The van der Waals surface area contributed by atoms with Crippen molar-refractivity contribution in [1.82, 2.24) is 25.3 Å². The van der Waals surface area contributed by atoms with Gasteiger partial charge in [-0.3, -0.25) is 9.89 Å². The van der Waals surface area contributed by atoms with Gasteiger partial charge in [0.25, 0.3) is 5.91 Å². The highest BCUT2D eigenvalue weighted by molar-refractivity contribution is 5.94. The molecule has 0 spiro atoms. The summed E-state index contributed by atoms with van der Waals surface area (Å²) in [6, 6.07) is 1.14. The fourth-order valence-corrected chi connectivity index (χ4v) is 3.96. The van der Waals surface area contributed by atoms with Gasteiger partial charge < -0.3 is 15.3 Å². The van der Waals surface area contributed by atoms with Crippen molar-refractivity contribution in [2.45, 2.75) is 50.7 Å². The van der Waals surface area contributed by atoms with Gasteiger partial charge in [0, 0.05) is 30.9 Å². The number of aromatic nitrogens is 4. The average molecular weight is 398 g/mol. The summed E-state index contributed by atoms with van der Waals surface area (Å²) in [6.45, 7) is 0.490. The maximum atomic E-state index is 13.1. The van der Waals surface area contributed by atoms with Crippen LogP contribution in [0.2, 0.25) is 0 Å². The van der Waals surface area contributed by atoms with E-state index < -0.39 is 30.3 Å². The van der Waals surface area contributed by atoms with Crippen LogP contribution < -0.4 is 10.2 Å². The van der Waals surface area contributed by atoms with Gasteiger partial charge in [-0.05, 0) is 25.7 Å². The number of amides is 1. The van der Waals surface area contributed by atoms with Gasteiger partial charge >= 0.3 is 6.18 Å². The monoisotopic (exact) mass is 398 g/mol. The molecule has 3 N–H and O–H groups in total. The van der Waals surface area contributed by atoms with Gasteiger partial charge in [-0.25, -0.2) is 4.68 Å². The quantitative estimate of drug-likeness (QED) is 0.707. The van der Waals surface area contributed by atoms with Crippen molar-refractivity contribution in [3.8, 4) is 0 Å². The van der Waals surface area contributed by atoms with Crippen molar-refractivity contribution >= 4 is 11.7 Å². The lowest BCUT2D eigenvalue weighted by Crippen LogP contribution is -2.50. The first-order chi connectivity index (χ1) is 13.3. The van der Waals surface area contributed by atoms with E-state index in [1.54, 1.807) is 28.9 Å². The number of anilines is 1. The number of nitrogens with zero attached hydrogens (tertiary/aromatic N) is 4. The number of H-pyrrole nitrogens is 1. The lowest BCUT2D eigenvalue weighted by Gasteiger charge is -2.29. The molecule has 2 aromatic rings. The highest BCUT2D eigenvalue weighted by Gasteiger charge is 2.43. The van der Waals surface area contributed by atoms with Crippen LogP contribution in [0.1, 0.15) is 34.6 Å². The SMILES string of the molecule is CN1c2ccnn2CC[C@H](NC(=O)c2n[nH]c3c2C[C@@H](C(F)(F)F)CC3)C1O. The maximum absolute atomic E-state index is 13.1. The van der Waals surface area contributed by atoms with Gasteiger partial charge in [0.1, 0.15) is 12.0 Å². The summed E-state index contributed by atoms with van der Waals surface area (Å²) >= 11 is 0. The molecule has 28 heavy (non-hydrogen) atoms. The van der Waals surface area contributed by atoms with Gasteiger partial charge in [0.2, 0.25) is 0 Å². The number of aromatic amines is 1. The Morgan fingerprint density at radius 3 is 2.93 bits per heavy atom. The second-order valence-electron chi connectivity index (χ2n) is 7.32. The van der Waals surface area contributed by atoms with Crippen molar-refractivity contribution in [3.63, 3.8) is 0 Å². The molecule has 0 fully saturated rings. The molecule has 0 aromatic carbocycles. The molecule has 3 heterocycles. The minimum absolute atomic E-state index is 0.0165. The van der Waals surface area contributed by atoms with E-state index in [0.29, 0.717) is 24.2 Å². The zero-order chi connectivity index (χ0) is 20.1. The summed E-state index contributed by atoms with van der Waals surface area (Å²) in [4.78, 5) is 14.4. The summed E-state index contributed by atoms with van der Waals surface area (Å²) in [5, 5.41) is 24.2. The number of aliphatic hydroxyl groups is 1. The summed E-state index contributed by atoms with van der Waals surface area (Å²) in [5.74, 6) is -1.34. The predicted octanol–water partition coefficient (Wildman–Crippen LogP) is 1.23. The lowest BCUT2D eigenvalue weighted by molar-refractivity contribution is -0.177. The standard InChI is InChI=1S/C17H21F3N6O2/c1-25-13-4-6-21-26(13)7-5-12(16(25)28)22-15(27)14-10-8-9(17(18,19)20)2-3-11(10)23-24-14/h4,6,9,12,16,28H,2-3,5,7-8H2,1H3,(H,22,27)(H,23,24)/t9-,12-,16?/m0/s1. The van der Waals surface area contributed by atoms with Crippen molar-refractivity contribution in [3.05, 3.63) is 29.2 Å². The predicted molar refractivity (Wildman–Crippen MR) is 92.7 cm³/mol. The molecule has 0 radical (unpaired) electrons. The van der Waals surface area contributed by atoms with Gasteiger partial charge in [0.05, 0.1) is 18.2 Å². The molecule has 0 saturated carbocycles. The molecule has 11 heteroatoms. The van der Waals surface area contributed by atoms with Gasteiger partial charge in [-0.1, -0.05) is 0 Å². The molecule has 0 bridgehead atoms. The topological polar surface area (TPSA) is 99.1 Å². The molecule has 2 aromatic heterocycles. The van der Waals surface area contributed by atoms with E-state index in [1.807, 2.05) is 0 Å². The number of aliphatic hydroxyl groups excluding tert-OH is 1. The number of likely N-dealkylation sites (N-methyl/N-ethyl adjacent to an activating group) is 1. The summed E-state index contributed by atoms with van der Waals surface area (Å²) in [7, 11) is 1.69. The second kappa shape index (κ2) is 6.80. The number of carbonyl (C=O) groups excluding carboxylic acids is 1. The Balaban J connectivity index is 1.51. The molecule has 1 amide bonds. The Morgan fingerprint density at radius 1 is 1.39 bits per heavy atom. The van der Waals surface area contributed by atoms with Crippen molar-refractivity contribution in [2.24, 2.45) is 5.92 Å². The Morgan fingerprint density at radius 2 is 2.18 bits per heavy atom. The van der Waals surface area contributed by atoms with Crippen LogP contribution >= 0.6 is 0 Å². The Bertz CT molecular complexity index is 877. The number of fused-ring (bicyclic) bond motifs is 2. The van der Waals surface area contributed by atoms with E-state index in [1.165, 1.54) is 0 Å². The van der Waals surface area contributed by atoms with Crippen LogP contribution in [0.5, 0.6) is 0 Å². The normalized spacial score (nSPS) is 25.0. The number of aryl methyl sites for hydroxylation is 2. The minimum Gasteiger partial charge on any atom is -0.371 e. The van der Waals surface area contributed by atoms with Gasteiger partial charge in [-0.15, -0.1) is 0 Å². The molecular formula is C17H21F3N6O2. The van der Waals surface area contributed by atoms with Crippen LogP contribution in [0.25, 0.3) is 0 Å². The number of rotatable bonds is 2. The molecule has 2 aliphatic rings. The largest absolute Gasteiger partial charge is 0.392 e. The van der Waals surface area contributed by atoms with Crippen LogP contribution in [-0.4, -0.2) is 56.5 Å². The smallest absolute Gasteiger partial charge is 0.371 e. The zero-order valence-electron chi connectivity index (χ0n) is 15.2. The number of hydrogen-bond donors (Lipinski definition) is 3. The van der Waals surface area contributed by atoms with Gasteiger partial charge in [-0.2, -0.15) is 23.4 Å². The summed E-state index contributed by atoms with van der Waals surface area (Å²) in [5.41, 5.74) is 0.862. The number of nitrogens with one attached hydrogen (secondary N) is 2. The van der Waals surface area contributed by atoms with Crippen molar-refractivity contribution in [2.75, 3.05) is 11.9 Å². The van der Waals surface area contributed by atoms with Crippen molar-refractivity contribution in [1.29, 1.82) is 0 Å². The summed E-state index contributed by atoms with van der Waals surface area (Å²) < 4.78 is 41.0. The van der Waals surface area contributed by atoms with Crippen LogP contribution in [0.3, 0.4) is 0 Å². The van der Waals surface area contributed by atoms with Crippen molar-refractivity contribution < 1.29 is 23.1 Å². The van der Waals surface area contributed by atoms with E-state index in [4.69, 9.17) is 0 Å². The Kier molecular flexibility index (Phi) is 4.56. The number of hydrogen-bond acceptors (Lipinski definition) is 5. The minimum atomic E-state index is -4.30. The average Bonchev–Trinajstić information content (AvgIpc) is 3.26. The van der Waals surface area contributed by atoms with E-state index in [9.17, 15) is 23.1 Å². The molecule has 4 rings (SSSR count). The fourth-order valence-electron chi connectivity index (χ4n) is 3.96. The third-order valence-electron chi connectivity index (χ3n) is 5.60. The maximum Gasteiger partial charge on any atom is 0.392 e. The third-order valence-corrected chi connectivity index (χ3v) is 5.60. The Labute approximate surface area is 158 Å². The molecule has 152 valence electrons. The highest BCUT2D eigenvalue weighted by atomic mass is 19.4. The second-order valence-corrected chi connectivity index (χ2v) is 7.32. The highest BCUT2D eigenvalue weighted by Crippen LogP contribution is 2.37. The summed E-state index contributed by atoms with van der Waals surface area (Å²) in [6.07, 6.45) is -3.33. The first-order valence-corrected chi connectivity index (χ1v) is 9.12. The first-order valence-electron chi connectivity index (χ1n) is 9.12. The molecule has 0 saturated heterocycles. The van der Waals surface area contributed by atoms with E-state index in [0.717, 1.165) is 5.82 Å². The molecule has 1 unspecified atom stereocenters. The van der Waals surface area contributed by atoms with E-state index >= 15 is 0 Å². The van der Waals surface area contributed by atoms with Crippen LogP contribution in [0, 0.1) is 5.92 Å². The molecule has 3 atom stereocenters. The number of halogens is 3. The number of alkyl halides is 3. The van der Waals surface area contributed by atoms with E-state index in [-0.39, 0.29) is 25.0 Å². The number of carbonyl (C=O) groups is 1. The van der Waals surface area contributed by atoms with Gasteiger partial charge in [0.15, 0.2) is 5.69 Å². The molecule has 8 nitrogen and oxygen atoms in total. The third kappa shape index (κ3) is 3.23. The molecule has 1 aliphatic carbocycles. The molecule has 1 aliphatic heterocycles. The first kappa shape index (κ1) is 18.8. The van der Waals surface area contributed by atoms with Crippen LogP contribution in [0.4, 0.5) is 19.0 Å². The Hall–Kier alpha value is -2.56. The van der Waals surface area contributed by atoms with Crippen LogP contribution in [-0.2, 0) is 19.4 Å². The zero-order valence-corrected chi connectivity index (χ0v) is 15.2. The lowest BCUT2D eigenvalue weighted by atomic mass is 9.86. The molecular weight excluding hydrogens is 377 g/mol.